The predicted molar refractivity (Wildman–Crippen MR) is 75.8 cm³/mol. The first-order chi connectivity index (χ1) is 9.01. The van der Waals surface area contributed by atoms with Gasteiger partial charge in [-0.1, -0.05) is 17.7 Å². The average Bonchev–Trinajstić information content (AvgIpc) is 2.41. The number of nitrogens with zero attached hydrogens (tertiary/aromatic N) is 1. The maximum atomic E-state index is 12.1. The molecule has 100 valence electrons. The van der Waals surface area contributed by atoms with E-state index in [1.54, 1.807) is 25.2 Å². The summed E-state index contributed by atoms with van der Waals surface area (Å²) in [5.41, 5.74) is 1.60. The number of sulfonamides is 1. The van der Waals surface area contributed by atoms with Crippen LogP contribution >= 0.6 is 0 Å². The molecule has 1 heterocycles. The summed E-state index contributed by atoms with van der Waals surface area (Å²) in [4.78, 5) is 4.12. The van der Waals surface area contributed by atoms with Crippen LogP contribution in [-0.2, 0) is 10.0 Å². The Hall–Kier alpha value is -2.08. The molecule has 2 aromatic rings. The summed E-state index contributed by atoms with van der Waals surface area (Å²) in [6, 6.07) is 10.3. The molecule has 0 amide bonds. The van der Waals surface area contributed by atoms with Crippen LogP contribution in [0.3, 0.4) is 0 Å². The Morgan fingerprint density at radius 2 is 1.74 bits per heavy atom. The summed E-state index contributed by atoms with van der Waals surface area (Å²) in [6.07, 6.45) is 1.32. The zero-order valence-electron chi connectivity index (χ0n) is 10.7. The fraction of sp³-hybridized carbons (Fsp3) is 0.154. The Morgan fingerprint density at radius 1 is 1.05 bits per heavy atom. The molecule has 2 rings (SSSR count). The third kappa shape index (κ3) is 3.23. The van der Waals surface area contributed by atoms with E-state index in [0.717, 1.165) is 5.56 Å². The van der Waals surface area contributed by atoms with Crippen molar-refractivity contribution in [3.05, 3.63) is 48.2 Å². The molecule has 0 aliphatic heterocycles. The van der Waals surface area contributed by atoms with Gasteiger partial charge in [-0.15, -0.1) is 0 Å². The minimum absolute atomic E-state index is 0.132. The fourth-order valence-electron chi connectivity index (χ4n) is 1.52. The monoisotopic (exact) mass is 277 g/mol. The maximum Gasteiger partial charge on any atom is 0.263 e. The van der Waals surface area contributed by atoms with Crippen LogP contribution in [0.4, 0.5) is 11.5 Å². The van der Waals surface area contributed by atoms with Crippen LogP contribution < -0.4 is 10.0 Å². The Kier molecular flexibility index (Phi) is 3.71. The third-order valence-corrected chi connectivity index (χ3v) is 3.97. The molecular formula is C13H15N3O2S. The third-order valence-electron chi connectivity index (χ3n) is 2.61. The lowest BCUT2D eigenvalue weighted by Crippen LogP contribution is -2.13. The minimum atomic E-state index is -3.59. The number of pyridine rings is 1. The van der Waals surface area contributed by atoms with Gasteiger partial charge in [0, 0.05) is 18.9 Å². The Labute approximate surface area is 112 Å². The Morgan fingerprint density at radius 3 is 2.26 bits per heavy atom. The number of aromatic nitrogens is 1. The van der Waals surface area contributed by atoms with Crippen LogP contribution in [0.25, 0.3) is 0 Å². The van der Waals surface area contributed by atoms with Crippen molar-refractivity contribution in [2.75, 3.05) is 17.1 Å². The van der Waals surface area contributed by atoms with Crippen molar-refractivity contribution in [1.82, 2.24) is 4.98 Å². The standard InChI is InChI=1S/C13H15N3O2S/c1-10-3-5-11(6-4-10)16-19(17,18)12-7-8-13(14-2)15-9-12/h3-9,16H,1-2H3,(H,14,15). The highest BCUT2D eigenvalue weighted by Gasteiger charge is 2.14. The first-order valence-corrected chi connectivity index (χ1v) is 7.23. The average molecular weight is 277 g/mol. The first-order valence-electron chi connectivity index (χ1n) is 5.74. The molecule has 0 aliphatic carbocycles. The van der Waals surface area contributed by atoms with Crippen LogP contribution in [0, 0.1) is 6.92 Å². The van der Waals surface area contributed by atoms with Crippen molar-refractivity contribution in [2.24, 2.45) is 0 Å². The molecule has 19 heavy (non-hydrogen) atoms. The number of rotatable bonds is 4. The second-order valence-corrected chi connectivity index (χ2v) is 5.78. The molecule has 0 aliphatic rings. The molecule has 0 spiro atoms. The molecule has 0 saturated carbocycles. The lowest BCUT2D eigenvalue weighted by Gasteiger charge is -2.08. The van der Waals surface area contributed by atoms with Gasteiger partial charge in [-0.3, -0.25) is 4.72 Å². The zero-order chi connectivity index (χ0) is 13.9. The highest BCUT2D eigenvalue weighted by atomic mass is 32.2. The number of aryl methyl sites for hydroxylation is 1. The number of nitrogens with one attached hydrogen (secondary N) is 2. The summed E-state index contributed by atoms with van der Waals surface area (Å²) < 4.78 is 26.7. The van der Waals surface area contributed by atoms with Crippen LogP contribution in [0.1, 0.15) is 5.56 Å². The lowest BCUT2D eigenvalue weighted by atomic mass is 10.2. The lowest BCUT2D eigenvalue weighted by molar-refractivity contribution is 0.601. The molecule has 6 heteroatoms. The molecule has 0 bridgehead atoms. The van der Waals surface area contributed by atoms with Gasteiger partial charge in [0.15, 0.2) is 0 Å². The quantitative estimate of drug-likeness (QED) is 0.899. The van der Waals surface area contributed by atoms with Gasteiger partial charge in [-0.2, -0.15) is 0 Å². The van der Waals surface area contributed by atoms with Gasteiger partial charge in [0.05, 0.1) is 0 Å². The van der Waals surface area contributed by atoms with Gasteiger partial charge >= 0.3 is 0 Å². The molecule has 1 aromatic carbocycles. The van der Waals surface area contributed by atoms with Gasteiger partial charge in [-0.05, 0) is 31.2 Å². The summed E-state index contributed by atoms with van der Waals surface area (Å²) >= 11 is 0. The van der Waals surface area contributed by atoms with Crippen LogP contribution in [0.5, 0.6) is 0 Å². The summed E-state index contributed by atoms with van der Waals surface area (Å²) in [6.45, 7) is 1.94. The van der Waals surface area contributed by atoms with E-state index in [9.17, 15) is 8.42 Å². The van der Waals surface area contributed by atoms with Crippen molar-refractivity contribution >= 4 is 21.5 Å². The van der Waals surface area contributed by atoms with Crippen molar-refractivity contribution in [1.29, 1.82) is 0 Å². The smallest absolute Gasteiger partial charge is 0.263 e. The van der Waals surface area contributed by atoms with E-state index in [2.05, 4.69) is 15.0 Å². The van der Waals surface area contributed by atoms with Crippen molar-refractivity contribution in [3.8, 4) is 0 Å². The van der Waals surface area contributed by atoms with Gasteiger partial charge in [0.1, 0.15) is 10.7 Å². The second-order valence-electron chi connectivity index (χ2n) is 4.10. The second kappa shape index (κ2) is 5.27. The molecule has 1 aromatic heterocycles. The van der Waals surface area contributed by atoms with Crippen molar-refractivity contribution in [2.45, 2.75) is 11.8 Å². The minimum Gasteiger partial charge on any atom is -0.373 e. The predicted octanol–water partition coefficient (Wildman–Crippen LogP) is 2.23. The summed E-state index contributed by atoms with van der Waals surface area (Å²) in [5, 5.41) is 2.84. The van der Waals surface area contributed by atoms with E-state index >= 15 is 0 Å². The molecule has 0 fully saturated rings. The maximum absolute atomic E-state index is 12.1. The Balaban J connectivity index is 2.24. The van der Waals surface area contributed by atoms with Crippen molar-refractivity contribution in [3.63, 3.8) is 0 Å². The highest BCUT2D eigenvalue weighted by Crippen LogP contribution is 2.16. The van der Waals surface area contributed by atoms with E-state index in [4.69, 9.17) is 0 Å². The van der Waals surface area contributed by atoms with E-state index in [-0.39, 0.29) is 4.90 Å². The number of anilines is 2. The molecule has 0 atom stereocenters. The van der Waals surface area contributed by atoms with Crippen LogP contribution in [-0.4, -0.2) is 20.4 Å². The van der Waals surface area contributed by atoms with Gasteiger partial charge in [-0.25, -0.2) is 13.4 Å². The van der Waals surface area contributed by atoms with E-state index < -0.39 is 10.0 Å². The van der Waals surface area contributed by atoms with Gasteiger partial charge < -0.3 is 5.32 Å². The Bertz CT molecular complexity index is 649. The van der Waals surface area contributed by atoms with E-state index in [1.807, 2.05) is 19.1 Å². The number of hydrogen-bond acceptors (Lipinski definition) is 4. The SMILES string of the molecule is CNc1ccc(S(=O)(=O)Nc2ccc(C)cc2)cn1. The molecule has 0 radical (unpaired) electrons. The summed E-state index contributed by atoms with van der Waals surface area (Å²) in [7, 11) is -1.87. The number of benzene rings is 1. The topological polar surface area (TPSA) is 71.1 Å². The zero-order valence-corrected chi connectivity index (χ0v) is 11.5. The van der Waals surface area contributed by atoms with Crippen LogP contribution in [0.15, 0.2) is 47.5 Å². The molecular weight excluding hydrogens is 262 g/mol. The molecule has 2 N–H and O–H groups in total. The largest absolute Gasteiger partial charge is 0.373 e. The molecule has 0 unspecified atom stereocenters. The highest BCUT2D eigenvalue weighted by molar-refractivity contribution is 7.92. The van der Waals surface area contributed by atoms with E-state index in [1.165, 1.54) is 12.3 Å². The van der Waals surface area contributed by atoms with Gasteiger partial charge in [0.2, 0.25) is 0 Å². The summed E-state index contributed by atoms with van der Waals surface area (Å²) in [5.74, 6) is 0.620. The first kappa shape index (κ1) is 13.4. The van der Waals surface area contributed by atoms with Gasteiger partial charge in [0.25, 0.3) is 10.0 Å². The van der Waals surface area contributed by atoms with Crippen molar-refractivity contribution < 1.29 is 8.42 Å². The fourth-order valence-corrected chi connectivity index (χ4v) is 2.53. The van der Waals surface area contributed by atoms with Crippen LogP contribution in [0.2, 0.25) is 0 Å². The normalized spacial score (nSPS) is 11.1. The number of hydrogen-bond donors (Lipinski definition) is 2. The molecule has 0 saturated heterocycles. The molecule has 5 nitrogen and oxygen atoms in total. The van der Waals surface area contributed by atoms with E-state index in [0.29, 0.717) is 11.5 Å².